The molecule has 5 N–H and O–H groups in total. The zero-order valence-electron chi connectivity index (χ0n) is 10.6. The molecule has 3 unspecified atom stereocenters. The van der Waals surface area contributed by atoms with Crippen molar-refractivity contribution in [2.45, 2.75) is 30.6 Å². The zero-order valence-corrected chi connectivity index (χ0v) is 10.6. The van der Waals surface area contributed by atoms with Crippen LogP contribution in [0.3, 0.4) is 0 Å². The molecule has 110 valence electrons. The predicted octanol–water partition coefficient (Wildman–Crippen LogP) is -1.78. The highest BCUT2D eigenvalue weighted by Crippen LogP contribution is 2.20. The number of amides is 1. The Kier molecular flexibility index (Phi) is 4.69. The molecule has 0 aliphatic carbocycles. The van der Waals surface area contributed by atoms with Crippen LogP contribution >= 0.6 is 0 Å². The molecule has 20 heavy (non-hydrogen) atoms. The van der Waals surface area contributed by atoms with Crippen molar-refractivity contribution in [1.82, 2.24) is 5.32 Å². The molecular weight excluding hydrogens is 266 g/mol. The van der Waals surface area contributed by atoms with Crippen molar-refractivity contribution in [2.75, 3.05) is 6.61 Å². The number of carbonyl (C=O) groups excluding carboxylic acids is 1. The quantitative estimate of drug-likeness (QED) is 0.447. The van der Waals surface area contributed by atoms with E-state index in [1.54, 1.807) is 30.3 Å². The molecular formula is C13H17NO6. The van der Waals surface area contributed by atoms with Gasteiger partial charge in [0.15, 0.2) is 6.29 Å². The standard InChI is InChI=1S/C13H17NO6/c15-6-8-10(16)11(17)9(13(19)20-8)14-12(18)7-4-2-1-3-5-7/h1-5,8-11,13,15-17,19H,6H2,(H,14,18)/t8?,9-,10-,11?,13?/m0/s1. The Morgan fingerprint density at radius 1 is 1.15 bits per heavy atom. The Morgan fingerprint density at radius 3 is 2.40 bits per heavy atom. The van der Waals surface area contributed by atoms with Crippen LogP contribution in [0.25, 0.3) is 0 Å². The number of rotatable bonds is 3. The minimum absolute atomic E-state index is 0.352. The maximum Gasteiger partial charge on any atom is 0.251 e. The lowest BCUT2D eigenvalue weighted by Crippen LogP contribution is -2.64. The van der Waals surface area contributed by atoms with Gasteiger partial charge in [0.2, 0.25) is 0 Å². The van der Waals surface area contributed by atoms with Crippen molar-refractivity contribution >= 4 is 5.91 Å². The molecule has 1 heterocycles. The minimum Gasteiger partial charge on any atom is -0.394 e. The summed E-state index contributed by atoms with van der Waals surface area (Å²) in [5.74, 6) is -0.507. The number of benzene rings is 1. The van der Waals surface area contributed by atoms with Crippen LogP contribution in [0.15, 0.2) is 30.3 Å². The van der Waals surface area contributed by atoms with Crippen LogP contribution in [0.4, 0.5) is 0 Å². The van der Waals surface area contributed by atoms with E-state index in [9.17, 15) is 20.1 Å². The Bertz CT molecular complexity index is 453. The summed E-state index contributed by atoms with van der Waals surface area (Å²) in [5, 5.41) is 40.7. The first-order valence-corrected chi connectivity index (χ1v) is 6.21. The molecule has 7 nitrogen and oxygen atoms in total. The van der Waals surface area contributed by atoms with E-state index in [-0.39, 0.29) is 0 Å². The van der Waals surface area contributed by atoms with E-state index in [0.717, 1.165) is 0 Å². The first kappa shape index (κ1) is 14.9. The number of nitrogens with one attached hydrogen (secondary N) is 1. The van der Waals surface area contributed by atoms with E-state index in [1.807, 2.05) is 0 Å². The Labute approximate surface area is 115 Å². The van der Waals surface area contributed by atoms with Crippen molar-refractivity contribution in [3.05, 3.63) is 35.9 Å². The maximum atomic E-state index is 11.9. The van der Waals surface area contributed by atoms with Crippen LogP contribution in [0.1, 0.15) is 10.4 Å². The highest BCUT2D eigenvalue weighted by atomic mass is 16.6. The summed E-state index contributed by atoms with van der Waals surface area (Å²) >= 11 is 0. The van der Waals surface area contributed by atoms with E-state index in [1.165, 1.54) is 0 Å². The van der Waals surface area contributed by atoms with Crippen LogP contribution in [-0.2, 0) is 4.74 Å². The predicted molar refractivity (Wildman–Crippen MR) is 67.7 cm³/mol. The van der Waals surface area contributed by atoms with Gasteiger partial charge in [0.25, 0.3) is 5.91 Å². The van der Waals surface area contributed by atoms with Gasteiger partial charge in [-0.1, -0.05) is 18.2 Å². The summed E-state index contributed by atoms with van der Waals surface area (Å²) in [7, 11) is 0. The van der Waals surface area contributed by atoms with Gasteiger partial charge in [0, 0.05) is 5.56 Å². The van der Waals surface area contributed by atoms with Gasteiger partial charge in [-0.3, -0.25) is 4.79 Å². The highest BCUT2D eigenvalue weighted by Gasteiger charge is 2.44. The molecule has 0 saturated carbocycles. The molecule has 0 bridgehead atoms. The Balaban J connectivity index is 2.07. The second-order valence-corrected chi connectivity index (χ2v) is 4.59. The third kappa shape index (κ3) is 2.97. The number of ether oxygens (including phenoxy) is 1. The first-order valence-electron chi connectivity index (χ1n) is 6.21. The molecule has 1 amide bonds. The summed E-state index contributed by atoms with van der Waals surface area (Å²) in [6, 6.07) is 7.07. The number of aliphatic hydroxyl groups is 4. The number of carbonyl (C=O) groups is 1. The average Bonchev–Trinajstić information content (AvgIpc) is 2.48. The number of hydrogen-bond acceptors (Lipinski definition) is 6. The van der Waals surface area contributed by atoms with Gasteiger partial charge >= 0.3 is 0 Å². The van der Waals surface area contributed by atoms with Crippen LogP contribution in [0, 0.1) is 0 Å². The molecule has 1 fully saturated rings. The van der Waals surface area contributed by atoms with Crippen LogP contribution in [-0.4, -0.2) is 63.6 Å². The molecule has 0 radical (unpaired) electrons. The second-order valence-electron chi connectivity index (χ2n) is 4.59. The van der Waals surface area contributed by atoms with Gasteiger partial charge in [0.1, 0.15) is 24.4 Å². The lowest BCUT2D eigenvalue weighted by molar-refractivity contribution is -0.252. The van der Waals surface area contributed by atoms with Crippen LogP contribution < -0.4 is 5.32 Å². The average molecular weight is 283 g/mol. The van der Waals surface area contributed by atoms with Crippen molar-refractivity contribution in [1.29, 1.82) is 0 Å². The molecule has 1 aromatic rings. The number of hydrogen-bond donors (Lipinski definition) is 5. The van der Waals surface area contributed by atoms with Gasteiger partial charge in [-0.15, -0.1) is 0 Å². The van der Waals surface area contributed by atoms with E-state index < -0.39 is 43.2 Å². The molecule has 0 spiro atoms. The lowest BCUT2D eigenvalue weighted by atomic mass is 9.97. The van der Waals surface area contributed by atoms with Crippen LogP contribution in [0.2, 0.25) is 0 Å². The van der Waals surface area contributed by atoms with Crippen molar-refractivity contribution in [3.8, 4) is 0 Å². The zero-order chi connectivity index (χ0) is 14.7. The molecule has 1 saturated heterocycles. The second kappa shape index (κ2) is 6.29. The number of aliphatic hydroxyl groups excluding tert-OH is 4. The van der Waals surface area contributed by atoms with E-state index in [0.29, 0.717) is 5.56 Å². The summed E-state index contributed by atoms with van der Waals surface area (Å²) in [4.78, 5) is 11.9. The first-order chi connectivity index (χ1) is 9.54. The topological polar surface area (TPSA) is 119 Å². The molecule has 5 atom stereocenters. The van der Waals surface area contributed by atoms with Gasteiger partial charge in [-0.25, -0.2) is 0 Å². The van der Waals surface area contributed by atoms with Crippen molar-refractivity contribution in [3.63, 3.8) is 0 Å². The summed E-state index contributed by atoms with van der Waals surface area (Å²) in [6.07, 6.45) is -5.45. The third-order valence-electron chi connectivity index (χ3n) is 3.23. The van der Waals surface area contributed by atoms with Gasteiger partial charge < -0.3 is 30.5 Å². The van der Waals surface area contributed by atoms with Crippen LogP contribution in [0.5, 0.6) is 0 Å². The normalized spacial score (nSPS) is 33.7. The van der Waals surface area contributed by atoms with Gasteiger partial charge in [0.05, 0.1) is 6.61 Å². The Morgan fingerprint density at radius 2 is 1.80 bits per heavy atom. The SMILES string of the molecule is O=C(N[C@@H]1C(O)OC(CO)[C@H](O)C1O)c1ccccc1. The van der Waals surface area contributed by atoms with E-state index in [2.05, 4.69) is 5.32 Å². The highest BCUT2D eigenvalue weighted by molar-refractivity contribution is 5.94. The van der Waals surface area contributed by atoms with E-state index >= 15 is 0 Å². The van der Waals surface area contributed by atoms with Gasteiger partial charge in [-0.2, -0.15) is 0 Å². The Hall–Kier alpha value is -1.51. The fourth-order valence-corrected chi connectivity index (χ4v) is 2.08. The maximum absolute atomic E-state index is 11.9. The fourth-order valence-electron chi connectivity index (χ4n) is 2.08. The fraction of sp³-hybridized carbons (Fsp3) is 0.462. The third-order valence-corrected chi connectivity index (χ3v) is 3.23. The molecule has 7 heteroatoms. The summed E-state index contributed by atoms with van der Waals surface area (Å²) < 4.78 is 4.95. The monoisotopic (exact) mass is 283 g/mol. The molecule has 0 aromatic heterocycles. The van der Waals surface area contributed by atoms with E-state index in [4.69, 9.17) is 9.84 Å². The molecule has 1 aliphatic rings. The van der Waals surface area contributed by atoms with Crippen molar-refractivity contribution in [2.24, 2.45) is 0 Å². The summed E-state index contributed by atoms with van der Waals surface area (Å²) in [5.41, 5.74) is 0.352. The smallest absolute Gasteiger partial charge is 0.251 e. The summed E-state index contributed by atoms with van der Waals surface area (Å²) in [6.45, 7) is -0.547. The lowest BCUT2D eigenvalue weighted by Gasteiger charge is -2.40. The molecule has 1 aromatic carbocycles. The molecule has 2 rings (SSSR count). The van der Waals surface area contributed by atoms with Gasteiger partial charge in [-0.05, 0) is 12.1 Å². The minimum atomic E-state index is -1.52. The van der Waals surface area contributed by atoms with Crippen molar-refractivity contribution < 1.29 is 30.0 Å². The largest absolute Gasteiger partial charge is 0.394 e. The molecule has 1 aliphatic heterocycles.